The van der Waals surface area contributed by atoms with E-state index in [2.05, 4.69) is 11.1 Å². The minimum atomic E-state index is -1.21. The van der Waals surface area contributed by atoms with Crippen molar-refractivity contribution in [2.24, 2.45) is 17.3 Å². The Morgan fingerprint density at radius 1 is 1.21 bits per heavy atom. The minimum Gasteiger partial charge on any atom is -0.457 e. The second-order valence-corrected chi connectivity index (χ2v) is 11.5. The average molecular weight is 492 g/mol. The van der Waals surface area contributed by atoms with Crippen molar-refractivity contribution in [2.75, 3.05) is 0 Å². The van der Waals surface area contributed by atoms with Gasteiger partial charge in [0.25, 0.3) is 0 Å². The zero-order valence-electron chi connectivity index (χ0n) is 21.6. The predicted molar refractivity (Wildman–Crippen MR) is 136 cm³/mol. The minimum absolute atomic E-state index is 0.0436. The van der Waals surface area contributed by atoms with E-state index in [1.165, 1.54) is 0 Å². The number of thiazole rings is 1. The van der Waals surface area contributed by atoms with Gasteiger partial charge >= 0.3 is 5.97 Å². The molecule has 0 aliphatic carbocycles. The van der Waals surface area contributed by atoms with E-state index in [9.17, 15) is 19.8 Å². The summed E-state index contributed by atoms with van der Waals surface area (Å²) in [6.45, 7) is 12.8. The van der Waals surface area contributed by atoms with Crippen LogP contribution < -0.4 is 0 Å². The van der Waals surface area contributed by atoms with Crippen molar-refractivity contribution in [3.8, 4) is 0 Å². The molecule has 0 amide bonds. The third kappa shape index (κ3) is 7.59. The van der Waals surface area contributed by atoms with Crippen LogP contribution in [0.5, 0.6) is 0 Å². The summed E-state index contributed by atoms with van der Waals surface area (Å²) >= 11 is 1.56. The first-order chi connectivity index (χ1) is 15.8. The average Bonchev–Trinajstić information content (AvgIpc) is 3.17. The number of hydrogen-bond acceptors (Lipinski definition) is 7. The Kier molecular flexibility index (Phi) is 10.2. The molecule has 0 bridgehead atoms. The number of allylic oxidation sites excluding steroid dienone is 1. The molecule has 1 aromatic rings. The molecule has 0 aromatic carbocycles. The number of carbonyl (C=O) groups is 2. The first-order valence-electron chi connectivity index (χ1n) is 12.2. The Labute approximate surface area is 208 Å². The quantitative estimate of drug-likeness (QED) is 0.432. The van der Waals surface area contributed by atoms with Gasteiger partial charge in [0.05, 0.1) is 34.7 Å². The molecule has 0 saturated carbocycles. The molecular formula is C27H41NO5S. The maximum Gasteiger partial charge on any atom is 0.309 e. The van der Waals surface area contributed by atoms with Crippen molar-refractivity contribution in [1.29, 1.82) is 0 Å². The number of nitrogens with zero attached hydrogens (tertiary/aromatic N) is 1. The Bertz CT molecular complexity index is 916. The fourth-order valence-electron chi connectivity index (χ4n) is 4.42. The standard InChI is InChI=1S/C27H41NO5S/c1-16-10-8-9-11-17(2)25(31)19(4)26(32)27(6,7)23(29)14-24(30)33-22(12-16)18(3)13-21-15-34-20(5)28-21/h10,13,15,17,19,22-23,25,29,31H,8-9,11-12,14H2,1-7H3/t17-,19+,22-,23-,25-/m0/s1. The van der Waals surface area contributed by atoms with Crippen LogP contribution in [0.2, 0.25) is 0 Å². The van der Waals surface area contributed by atoms with Gasteiger partial charge in [0.2, 0.25) is 0 Å². The third-order valence-corrected chi connectivity index (χ3v) is 7.79. The number of ketones is 1. The van der Waals surface area contributed by atoms with Gasteiger partial charge < -0.3 is 14.9 Å². The highest BCUT2D eigenvalue weighted by Crippen LogP contribution is 2.32. The maximum absolute atomic E-state index is 13.2. The van der Waals surface area contributed by atoms with Crippen LogP contribution in [-0.4, -0.2) is 45.3 Å². The van der Waals surface area contributed by atoms with Crippen molar-refractivity contribution in [2.45, 2.75) is 98.9 Å². The van der Waals surface area contributed by atoms with Gasteiger partial charge in [0, 0.05) is 17.7 Å². The highest BCUT2D eigenvalue weighted by Gasteiger charge is 2.42. The number of hydrogen-bond donors (Lipinski definition) is 2. The lowest BCUT2D eigenvalue weighted by molar-refractivity contribution is -0.154. The first-order valence-corrected chi connectivity index (χ1v) is 13.1. The summed E-state index contributed by atoms with van der Waals surface area (Å²) in [5.74, 6) is -1.48. The lowest BCUT2D eigenvalue weighted by Gasteiger charge is -2.34. The number of aliphatic hydroxyl groups is 2. The molecule has 0 fully saturated rings. The number of cyclic esters (lactones) is 1. The van der Waals surface area contributed by atoms with Gasteiger partial charge in [0.15, 0.2) is 0 Å². The molecule has 0 spiro atoms. The van der Waals surface area contributed by atoms with Gasteiger partial charge in [-0.2, -0.15) is 0 Å². The van der Waals surface area contributed by atoms with E-state index in [1.807, 2.05) is 39.2 Å². The molecule has 0 unspecified atom stereocenters. The van der Waals surface area contributed by atoms with Crippen LogP contribution >= 0.6 is 11.3 Å². The number of aliphatic hydroxyl groups excluding tert-OH is 2. The monoisotopic (exact) mass is 491 g/mol. The van der Waals surface area contributed by atoms with Crippen molar-refractivity contribution in [3.63, 3.8) is 0 Å². The number of rotatable bonds is 2. The van der Waals surface area contributed by atoms with Crippen LogP contribution in [0.25, 0.3) is 6.08 Å². The predicted octanol–water partition coefficient (Wildman–Crippen LogP) is 5.27. The van der Waals surface area contributed by atoms with Crippen molar-refractivity contribution in [1.82, 2.24) is 4.98 Å². The Morgan fingerprint density at radius 2 is 1.88 bits per heavy atom. The summed E-state index contributed by atoms with van der Waals surface area (Å²) in [6, 6.07) is 0. The third-order valence-electron chi connectivity index (χ3n) is 6.99. The number of ether oxygens (including phenoxy) is 1. The molecule has 2 N–H and O–H groups in total. The zero-order valence-corrected chi connectivity index (χ0v) is 22.4. The van der Waals surface area contributed by atoms with Crippen LogP contribution in [0.3, 0.4) is 0 Å². The van der Waals surface area contributed by atoms with E-state index >= 15 is 0 Å². The van der Waals surface area contributed by atoms with Crippen molar-refractivity contribution >= 4 is 29.2 Å². The van der Waals surface area contributed by atoms with Gasteiger partial charge in [-0.05, 0) is 57.6 Å². The number of carbonyl (C=O) groups excluding carboxylic acids is 2. The molecule has 0 saturated heterocycles. The molecule has 6 nitrogen and oxygen atoms in total. The van der Waals surface area contributed by atoms with Crippen LogP contribution in [0.4, 0.5) is 0 Å². The molecule has 0 radical (unpaired) electrons. The Balaban J connectivity index is 2.33. The fraction of sp³-hybridized carbons (Fsp3) is 0.667. The highest BCUT2D eigenvalue weighted by molar-refractivity contribution is 7.09. The summed E-state index contributed by atoms with van der Waals surface area (Å²) in [7, 11) is 0. The van der Waals surface area contributed by atoms with Gasteiger partial charge in [-0.15, -0.1) is 11.3 Å². The number of Topliss-reactive ketones (excluding diaryl/α,β-unsaturated/α-hetero) is 1. The zero-order chi connectivity index (χ0) is 25.6. The Hall–Kier alpha value is -1.83. The van der Waals surface area contributed by atoms with E-state index in [0.717, 1.165) is 41.1 Å². The molecule has 1 aliphatic rings. The number of aryl methyl sites for hydroxylation is 1. The SMILES string of the molecule is CC1=CCCC[C@H](C)[C@H](O)[C@@H](C)C(=O)C(C)(C)[C@@H](O)CC(=O)O[C@H](C(C)=Cc2csc(C)n2)C1. The molecule has 5 atom stereocenters. The highest BCUT2D eigenvalue weighted by atomic mass is 32.1. The van der Waals surface area contributed by atoms with Crippen LogP contribution in [0.15, 0.2) is 22.6 Å². The summed E-state index contributed by atoms with van der Waals surface area (Å²) < 4.78 is 5.83. The maximum atomic E-state index is 13.2. The smallest absolute Gasteiger partial charge is 0.309 e. The van der Waals surface area contributed by atoms with Crippen LogP contribution in [-0.2, 0) is 14.3 Å². The normalized spacial score (nSPS) is 30.6. The fourth-order valence-corrected chi connectivity index (χ4v) is 4.99. The molecule has 1 aliphatic heterocycles. The largest absolute Gasteiger partial charge is 0.457 e. The van der Waals surface area contributed by atoms with Gasteiger partial charge in [-0.25, -0.2) is 4.98 Å². The van der Waals surface area contributed by atoms with E-state index in [1.54, 1.807) is 32.1 Å². The molecule has 1 aromatic heterocycles. The Morgan fingerprint density at radius 3 is 2.50 bits per heavy atom. The van der Waals surface area contributed by atoms with Crippen molar-refractivity contribution in [3.05, 3.63) is 33.3 Å². The summed E-state index contributed by atoms with van der Waals surface area (Å²) in [5, 5.41) is 24.5. The number of aromatic nitrogens is 1. The van der Waals surface area contributed by atoms with E-state index in [-0.39, 0.29) is 18.1 Å². The summed E-state index contributed by atoms with van der Waals surface area (Å²) in [5.41, 5.74) is 1.63. The molecular weight excluding hydrogens is 450 g/mol. The first kappa shape index (κ1) is 28.4. The van der Waals surface area contributed by atoms with Gasteiger partial charge in [-0.1, -0.05) is 39.3 Å². The van der Waals surface area contributed by atoms with E-state index in [4.69, 9.17) is 4.74 Å². The summed E-state index contributed by atoms with van der Waals surface area (Å²) in [6.07, 6.45) is 4.38. The van der Waals surface area contributed by atoms with E-state index < -0.39 is 35.6 Å². The second kappa shape index (κ2) is 12.2. The van der Waals surface area contributed by atoms with Crippen LogP contribution in [0.1, 0.15) is 84.3 Å². The molecule has 34 heavy (non-hydrogen) atoms. The molecule has 2 heterocycles. The van der Waals surface area contributed by atoms with E-state index in [0.29, 0.717) is 6.42 Å². The van der Waals surface area contributed by atoms with Crippen molar-refractivity contribution < 1.29 is 24.5 Å². The lowest BCUT2D eigenvalue weighted by Crippen LogP contribution is -2.45. The van der Waals surface area contributed by atoms with Gasteiger partial charge in [0.1, 0.15) is 11.9 Å². The van der Waals surface area contributed by atoms with Gasteiger partial charge in [-0.3, -0.25) is 9.59 Å². The summed E-state index contributed by atoms with van der Waals surface area (Å²) in [4.78, 5) is 30.5. The molecule has 7 heteroatoms. The molecule has 190 valence electrons. The number of esters is 1. The topological polar surface area (TPSA) is 96.7 Å². The second-order valence-electron chi connectivity index (χ2n) is 10.4. The lowest BCUT2D eigenvalue weighted by atomic mass is 9.73. The van der Waals surface area contributed by atoms with Crippen LogP contribution in [0, 0.1) is 24.2 Å². The molecule has 2 rings (SSSR count).